The number of aromatic nitrogens is 2. The Morgan fingerprint density at radius 1 is 1.59 bits per heavy atom. The average Bonchev–Trinajstić information content (AvgIpc) is 2.65. The van der Waals surface area contributed by atoms with Crippen LogP contribution in [0.5, 0.6) is 0 Å². The highest BCUT2D eigenvalue weighted by Crippen LogP contribution is 2.13. The van der Waals surface area contributed by atoms with E-state index in [1.807, 2.05) is 34.1 Å². The van der Waals surface area contributed by atoms with Crippen LogP contribution in [-0.4, -0.2) is 40.2 Å². The first kappa shape index (κ1) is 13.5. The number of rotatable bonds is 5. The van der Waals surface area contributed by atoms with E-state index in [0.717, 1.165) is 17.8 Å². The van der Waals surface area contributed by atoms with Crippen LogP contribution in [0.4, 0.5) is 5.69 Å². The zero-order valence-electron chi connectivity index (χ0n) is 11.3. The van der Waals surface area contributed by atoms with Crippen LogP contribution in [0.2, 0.25) is 0 Å². The molecular weight excluding hydrogens is 216 g/mol. The quantitative estimate of drug-likeness (QED) is 0.840. The van der Waals surface area contributed by atoms with Crippen LogP contribution in [0.25, 0.3) is 0 Å². The smallest absolute Gasteiger partial charge is 0.241 e. The molecule has 0 aliphatic heterocycles. The van der Waals surface area contributed by atoms with Crippen molar-refractivity contribution in [2.75, 3.05) is 18.9 Å². The van der Waals surface area contributed by atoms with Gasteiger partial charge in [0.2, 0.25) is 5.91 Å². The Labute approximate surface area is 103 Å². The molecule has 0 atom stereocenters. The molecule has 0 aliphatic rings. The standard InChI is InChI=1S/C12H22N4O/c1-6-10-11(8-15(4)14-10)13-7-12(17)16(5)9(2)3/h8-9,13H,6-7H2,1-5H3. The lowest BCUT2D eigenvalue weighted by atomic mass is 10.3. The van der Waals surface area contributed by atoms with Gasteiger partial charge in [0.05, 0.1) is 17.9 Å². The van der Waals surface area contributed by atoms with E-state index in [1.165, 1.54) is 0 Å². The third-order valence-electron chi connectivity index (χ3n) is 2.84. The third kappa shape index (κ3) is 3.47. The fourth-order valence-corrected chi connectivity index (χ4v) is 1.53. The van der Waals surface area contributed by atoms with E-state index in [1.54, 1.807) is 9.58 Å². The number of anilines is 1. The fourth-order valence-electron chi connectivity index (χ4n) is 1.53. The normalized spacial score (nSPS) is 10.7. The first-order chi connectivity index (χ1) is 7.95. The summed E-state index contributed by atoms with van der Waals surface area (Å²) in [5, 5.41) is 7.46. The number of carbonyl (C=O) groups excluding carboxylic acids is 1. The Hall–Kier alpha value is -1.52. The number of hydrogen-bond acceptors (Lipinski definition) is 3. The summed E-state index contributed by atoms with van der Waals surface area (Å²) >= 11 is 0. The SMILES string of the molecule is CCc1nn(C)cc1NCC(=O)N(C)C(C)C. The van der Waals surface area contributed by atoms with Gasteiger partial charge in [-0.05, 0) is 20.3 Å². The average molecular weight is 238 g/mol. The van der Waals surface area contributed by atoms with Crippen molar-refractivity contribution in [2.45, 2.75) is 33.2 Å². The number of aryl methyl sites for hydroxylation is 2. The highest BCUT2D eigenvalue weighted by atomic mass is 16.2. The Bertz CT molecular complexity index is 384. The van der Waals surface area contributed by atoms with Crippen molar-refractivity contribution in [3.63, 3.8) is 0 Å². The van der Waals surface area contributed by atoms with Gasteiger partial charge >= 0.3 is 0 Å². The summed E-state index contributed by atoms with van der Waals surface area (Å²) in [6.07, 6.45) is 2.76. The van der Waals surface area contributed by atoms with Gasteiger partial charge in [0.25, 0.3) is 0 Å². The Kier molecular flexibility index (Phi) is 4.54. The zero-order chi connectivity index (χ0) is 13.0. The van der Waals surface area contributed by atoms with Crippen LogP contribution in [0.15, 0.2) is 6.20 Å². The number of likely N-dealkylation sites (N-methyl/N-ethyl adjacent to an activating group) is 1. The molecule has 0 aromatic carbocycles. The van der Waals surface area contributed by atoms with Gasteiger partial charge in [-0.1, -0.05) is 6.92 Å². The molecule has 0 spiro atoms. The molecule has 0 aliphatic carbocycles. The van der Waals surface area contributed by atoms with E-state index in [9.17, 15) is 4.79 Å². The summed E-state index contributed by atoms with van der Waals surface area (Å²) in [4.78, 5) is 13.5. The van der Waals surface area contributed by atoms with Crippen molar-refractivity contribution < 1.29 is 4.79 Å². The van der Waals surface area contributed by atoms with Crippen molar-refractivity contribution >= 4 is 11.6 Å². The maximum Gasteiger partial charge on any atom is 0.241 e. The summed E-state index contributed by atoms with van der Waals surface area (Å²) in [6.45, 7) is 6.36. The maximum absolute atomic E-state index is 11.8. The molecule has 0 radical (unpaired) electrons. The first-order valence-corrected chi connectivity index (χ1v) is 5.97. The minimum Gasteiger partial charge on any atom is -0.373 e. The minimum absolute atomic E-state index is 0.0888. The Balaban J connectivity index is 2.58. The van der Waals surface area contributed by atoms with Crippen molar-refractivity contribution in [1.29, 1.82) is 0 Å². The highest BCUT2D eigenvalue weighted by molar-refractivity contribution is 5.81. The minimum atomic E-state index is 0.0888. The number of carbonyl (C=O) groups is 1. The van der Waals surface area contributed by atoms with E-state index in [-0.39, 0.29) is 11.9 Å². The van der Waals surface area contributed by atoms with Crippen molar-refractivity contribution in [3.05, 3.63) is 11.9 Å². The molecule has 0 saturated heterocycles. The van der Waals surface area contributed by atoms with Crippen LogP contribution in [0.3, 0.4) is 0 Å². The molecule has 17 heavy (non-hydrogen) atoms. The lowest BCUT2D eigenvalue weighted by molar-refractivity contribution is -0.129. The van der Waals surface area contributed by atoms with Crippen molar-refractivity contribution in [2.24, 2.45) is 7.05 Å². The first-order valence-electron chi connectivity index (χ1n) is 5.97. The monoisotopic (exact) mass is 238 g/mol. The van der Waals surface area contributed by atoms with Crippen molar-refractivity contribution in [3.8, 4) is 0 Å². The van der Waals surface area contributed by atoms with Crippen LogP contribution < -0.4 is 5.32 Å². The van der Waals surface area contributed by atoms with E-state index < -0.39 is 0 Å². The van der Waals surface area contributed by atoms with Gasteiger partial charge in [-0.25, -0.2) is 0 Å². The number of nitrogens with zero attached hydrogens (tertiary/aromatic N) is 3. The summed E-state index contributed by atoms with van der Waals surface area (Å²) in [7, 11) is 3.70. The third-order valence-corrected chi connectivity index (χ3v) is 2.84. The zero-order valence-corrected chi connectivity index (χ0v) is 11.3. The van der Waals surface area contributed by atoms with Gasteiger partial charge in [-0.15, -0.1) is 0 Å². The molecule has 96 valence electrons. The largest absolute Gasteiger partial charge is 0.373 e. The van der Waals surface area contributed by atoms with E-state index in [0.29, 0.717) is 6.54 Å². The van der Waals surface area contributed by atoms with E-state index in [2.05, 4.69) is 17.3 Å². The molecule has 5 nitrogen and oxygen atoms in total. The topological polar surface area (TPSA) is 50.2 Å². The lowest BCUT2D eigenvalue weighted by Gasteiger charge is -2.21. The summed E-state index contributed by atoms with van der Waals surface area (Å²) < 4.78 is 1.76. The molecule has 1 rings (SSSR count). The van der Waals surface area contributed by atoms with Gasteiger partial charge in [0, 0.05) is 26.3 Å². The Morgan fingerprint density at radius 3 is 2.76 bits per heavy atom. The highest BCUT2D eigenvalue weighted by Gasteiger charge is 2.13. The fraction of sp³-hybridized carbons (Fsp3) is 0.667. The molecule has 1 aromatic rings. The van der Waals surface area contributed by atoms with E-state index in [4.69, 9.17) is 0 Å². The van der Waals surface area contributed by atoms with Gasteiger partial charge in [-0.3, -0.25) is 9.48 Å². The maximum atomic E-state index is 11.8. The molecule has 0 unspecified atom stereocenters. The molecule has 1 aromatic heterocycles. The number of amides is 1. The molecule has 1 amide bonds. The lowest BCUT2D eigenvalue weighted by Crippen LogP contribution is -2.37. The predicted octanol–water partition coefficient (Wildman–Crippen LogP) is 1.26. The molecule has 1 heterocycles. The van der Waals surface area contributed by atoms with Gasteiger partial charge in [-0.2, -0.15) is 5.10 Å². The number of hydrogen-bond donors (Lipinski definition) is 1. The second-order valence-corrected chi connectivity index (χ2v) is 4.47. The summed E-state index contributed by atoms with van der Waals surface area (Å²) in [5.41, 5.74) is 1.94. The van der Waals surface area contributed by atoms with E-state index >= 15 is 0 Å². The summed E-state index contributed by atoms with van der Waals surface area (Å²) in [5.74, 6) is 0.0888. The van der Waals surface area contributed by atoms with Crippen LogP contribution in [0, 0.1) is 0 Å². The molecular formula is C12H22N4O. The summed E-state index contributed by atoms with van der Waals surface area (Å²) in [6, 6.07) is 0.226. The predicted molar refractivity (Wildman–Crippen MR) is 69.0 cm³/mol. The molecule has 0 fully saturated rings. The second-order valence-electron chi connectivity index (χ2n) is 4.47. The Morgan fingerprint density at radius 2 is 2.24 bits per heavy atom. The molecule has 0 saturated carbocycles. The van der Waals surface area contributed by atoms with Gasteiger partial charge in [0.15, 0.2) is 0 Å². The second kappa shape index (κ2) is 5.70. The van der Waals surface area contributed by atoms with Gasteiger partial charge < -0.3 is 10.2 Å². The molecule has 5 heteroatoms. The van der Waals surface area contributed by atoms with Crippen LogP contribution >= 0.6 is 0 Å². The molecule has 1 N–H and O–H groups in total. The van der Waals surface area contributed by atoms with Crippen LogP contribution in [-0.2, 0) is 18.3 Å². The number of nitrogens with one attached hydrogen (secondary N) is 1. The molecule has 0 bridgehead atoms. The van der Waals surface area contributed by atoms with Gasteiger partial charge in [0.1, 0.15) is 0 Å². The van der Waals surface area contributed by atoms with Crippen LogP contribution in [0.1, 0.15) is 26.5 Å². The van der Waals surface area contributed by atoms with Crippen molar-refractivity contribution in [1.82, 2.24) is 14.7 Å².